The van der Waals surface area contributed by atoms with Crippen molar-refractivity contribution in [2.24, 2.45) is 0 Å². The summed E-state index contributed by atoms with van der Waals surface area (Å²) in [6.07, 6.45) is 1.11. The van der Waals surface area contributed by atoms with Gasteiger partial charge in [0.1, 0.15) is 24.4 Å². The molecule has 2 aromatic rings. The molecule has 9 heteroatoms. The lowest BCUT2D eigenvalue weighted by Gasteiger charge is -2.40. The average Bonchev–Trinajstić information content (AvgIpc) is 3.45. The number of amides is 1. The molecule has 2 unspecified atom stereocenters. The molecule has 3 aliphatic heterocycles. The number of anilines is 1. The predicted molar refractivity (Wildman–Crippen MR) is 112 cm³/mol. The first-order valence-electron chi connectivity index (χ1n) is 10.3. The molecule has 162 valence electrons. The molecule has 31 heavy (non-hydrogen) atoms. The quantitative estimate of drug-likeness (QED) is 0.680. The van der Waals surface area contributed by atoms with Gasteiger partial charge in [0.05, 0.1) is 5.54 Å². The molecule has 0 saturated carbocycles. The SMILES string of the molecule is CCC(CC)(CO[P+](=O)O)N1C(=O)C2(COc3cc4c(cc32)OCO4)c2ccccc21. The van der Waals surface area contributed by atoms with Gasteiger partial charge >= 0.3 is 8.25 Å². The van der Waals surface area contributed by atoms with E-state index in [2.05, 4.69) is 0 Å². The number of hydrogen-bond donors (Lipinski definition) is 1. The lowest BCUT2D eigenvalue weighted by Crippen LogP contribution is -2.56. The van der Waals surface area contributed by atoms with Crippen LogP contribution in [0.4, 0.5) is 5.69 Å². The van der Waals surface area contributed by atoms with Gasteiger partial charge in [-0.3, -0.25) is 4.79 Å². The summed E-state index contributed by atoms with van der Waals surface area (Å²) in [5.41, 5.74) is 0.555. The van der Waals surface area contributed by atoms with E-state index in [9.17, 15) is 14.3 Å². The van der Waals surface area contributed by atoms with Gasteiger partial charge in [0.25, 0.3) is 0 Å². The Balaban J connectivity index is 1.68. The second kappa shape index (κ2) is 7.19. The Hall–Kier alpha value is -2.67. The monoisotopic (exact) mass is 444 g/mol. The van der Waals surface area contributed by atoms with Crippen LogP contribution in [-0.4, -0.2) is 36.3 Å². The van der Waals surface area contributed by atoms with Crippen LogP contribution in [0.5, 0.6) is 17.2 Å². The first kappa shape index (κ1) is 20.2. The summed E-state index contributed by atoms with van der Waals surface area (Å²) in [6, 6.07) is 11.3. The fourth-order valence-electron chi connectivity index (χ4n) is 4.97. The van der Waals surface area contributed by atoms with Crippen LogP contribution in [0.1, 0.15) is 37.8 Å². The highest BCUT2D eigenvalue weighted by Gasteiger charge is 2.61. The third-order valence-electron chi connectivity index (χ3n) is 6.79. The number of hydrogen-bond acceptors (Lipinski definition) is 6. The summed E-state index contributed by atoms with van der Waals surface area (Å²) in [6.45, 7) is 4.16. The lowest BCUT2D eigenvalue weighted by atomic mass is 9.77. The number of benzene rings is 2. The highest BCUT2D eigenvalue weighted by atomic mass is 31.1. The summed E-state index contributed by atoms with van der Waals surface area (Å²) in [5.74, 6) is 1.66. The molecule has 0 aliphatic carbocycles. The van der Waals surface area contributed by atoms with Gasteiger partial charge in [-0.05, 0) is 30.5 Å². The zero-order chi connectivity index (χ0) is 21.8. The fraction of sp³-hybridized carbons (Fsp3) is 0.409. The third-order valence-corrected chi connectivity index (χ3v) is 7.14. The number of rotatable bonds is 6. The molecule has 1 amide bonds. The van der Waals surface area contributed by atoms with Crippen molar-refractivity contribution in [2.45, 2.75) is 37.6 Å². The minimum atomic E-state index is -2.78. The normalized spacial score (nSPS) is 21.3. The molecule has 3 heterocycles. The molecular weight excluding hydrogens is 421 g/mol. The van der Waals surface area contributed by atoms with Gasteiger partial charge in [0, 0.05) is 21.9 Å². The lowest BCUT2D eigenvalue weighted by molar-refractivity contribution is -0.123. The van der Waals surface area contributed by atoms with E-state index in [1.807, 2.05) is 44.2 Å². The van der Waals surface area contributed by atoms with Crippen molar-refractivity contribution in [3.63, 3.8) is 0 Å². The van der Waals surface area contributed by atoms with Crippen LogP contribution in [0.3, 0.4) is 0 Å². The van der Waals surface area contributed by atoms with Crippen LogP contribution in [0.2, 0.25) is 0 Å². The number of ether oxygens (including phenoxy) is 3. The van der Waals surface area contributed by atoms with E-state index < -0.39 is 19.2 Å². The van der Waals surface area contributed by atoms with E-state index in [1.54, 1.807) is 11.0 Å². The van der Waals surface area contributed by atoms with Crippen molar-refractivity contribution < 1.29 is 33.0 Å². The first-order valence-corrected chi connectivity index (χ1v) is 11.4. The topological polar surface area (TPSA) is 94.5 Å². The predicted octanol–water partition coefficient (Wildman–Crippen LogP) is 3.67. The molecule has 2 atom stereocenters. The standard InChI is InChI=1S/C22H22NO7P/c1-3-21(4-2,11-30-31(25)26)23-16-8-6-5-7-14(16)22(20(23)24)12-27-17-10-19-18(9-15(17)22)28-13-29-19/h5-10H,3-4,11-13H2,1-2H3/p+1. The largest absolute Gasteiger partial charge is 0.694 e. The van der Waals surface area contributed by atoms with Crippen molar-refractivity contribution in [1.29, 1.82) is 0 Å². The summed E-state index contributed by atoms with van der Waals surface area (Å²) >= 11 is 0. The summed E-state index contributed by atoms with van der Waals surface area (Å²) in [7, 11) is -2.78. The van der Waals surface area contributed by atoms with Crippen molar-refractivity contribution in [3.05, 3.63) is 47.5 Å². The maximum atomic E-state index is 14.2. The number of para-hydroxylation sites is 1. The second-order valence-electron chi connectivity index (χ2n) is 8.00. The maximum Gasteiger partial charge on any atom is 0.694 e. The van der Waals surface area contributed by atoms with Gasteiger partial charge in [0.15, 0.2) is 11.5 Å². The smallest absolute Gasteiger partial charge is 0.491 e. The molecule has 0 aromatic heterocycles. The Morgan fingerprint density at radius 2 is 1.81 bits per heavy atom. The number of fused-ring (bicyclic) bond motifs is 5. The van der Waals surface area contributed by atoms with Gasteiger partial charge < -0.3 is 19.1 Å². The van der Waals surface area contributed by atoms with Crippen molar-refractivity contribution in [2.75, 3.05) is 24.9 Å². The molecular formula is C22H23NO7P+. The third kappa shape index (κ3) is 2.72. The van der Waals surface area contributed by atoms with E-state index >= 15 is 0 Å². The number of carbonyl (C=O) groups excluding carboxylic acids is 1. The highest BCUT2D eigenvalue weighted by Crippen LogP contribution is 2.56. The van der Waals surface area contributed by atoms with Crippen LogP contribution < -0.4 is 19.1 Å². The van der Waals surface area contributed by atoms with Crippen molar-refractivity contribution in [3.8, 4) is 17.2 Å². The van der Waals surface area contributed by atoms with Gasteiger partial charge in [-0.25, -0.2) is 0 Å². The molecule has 1 N–H and O–H groups in total. The molecule has 0 fully saturated rings. The van der Waals surface area contributed by atoms with Crippen molar-refractivity contribution >= 4 is 19.8 Å². The Morgan fingerprint density at radius 3 is 2.52 bits per heavy atom. The molecule has 0 radical (unpaired) electrons. The average molecular weight is 444 g/mol. The molecule has 5 rings (SSSR count). The molecule has 0 bridgehead atoms. The van der Waals surface area contributed by atoms with Crippen LogP contribution in [0.15, 0.2) is 36.4 Å². The summed E-state index contributed by atoms with van der Waals surface area (Å²) < 4.78 is 33.5. The first-order chi connectivity index (χ1) is 15.0. The zero-order valence-corrected chi connectivity index (χ0v) is 18.2. The van der Waals surface area contributed by atoms with E-state index in [-0.39, 0.29) is 25.9 Å². The van der Waals surface area contributed by atoms with E-state index in [1.165, 1.54) is 0 Å². The Labute approximate surface area is 180 Å². The Bertz CT molecular complexity index is 1080. The second-order valence-corrected chi connectivity index (χ2v) is 8.73. The highest BCUT2D eigenvalue weighted by molar-refractivity contribution is 7.32. The van der Waals surface area contributed by atoms with Crippen LogP contribution in [0, 0.1) is 0 Å². The molecule has 1 spiro atoms. The molecule has 0 saturated heterocycles. The molecule has 2 aromatic carbocycles. The minimum Gasteiger partial charge on any atom is -0.491 e. The maximum absolute atomic E-state index is 14.2. The van der Waals surface area contributed by atoms with Gasteiger partial charge in [-0.1, -0.05) is 32.0 Å². The van der Waals surface area contributed by atoms with Gasteiger partial charge in [0.2, 0.25) is 12.7 Å². The Morgan fingerprint density at radius 1 is 1.10 bits per heavy atom. The number of carbonyl (C=O) groups is 1. The molecule has 8 nitrogen and oxygen atoms in total. The van der Waals surface area contributed by atoms with E-state index in [0.29, 0.717) is 30.1 Å². The summed E-state index contributed by atoms with van der Waals surface area (Å²) in [5, 5.41) is 0. The minimum absolute atomic E-state index is 0.0449. The zero-order valence-electron chi connectivity index (χ0n) is 17.3. The number of nitrogens with zero attached hydrogens (tertiary/aromatic N) is 1. The van der Waals surface area contributed by atoms with Crippen LogP contribution in [-0.2, 0) is 19.3 Å². The van der Waals surface area contributed by atoms with Crippen LogP contribution in [0.25, 0.3) is 0 Å². The van der Waals surface area contributed by atoms with Gasteiger partial charge in [-0.15, -0.1) is 9.42 Å². The van der Waals surface area contributed by atoms with E-state index in [4.69, 9.17) is 18.7 Å². The van der Waals surface area contributed by atoms with E-state index in [0.717, 1.165) is 16.8 Å². The molecule has 3 aliphatic rings. The van der Waals surface area contributed by atoms with Gasteiger partial charge in [-0.2, -0.15) is 0 Å². The van der Waals surface area contributed by atoms with Crippen LogP contribution >= 0.6 is 8.25 Å². The summed E-state index contributed by atoms with van der Waals surface area (Å²) in [4.78, 5) is 25.3. The Kier molecular flexibility index (Phi) is 4.70. The van der Waals surface area contributed by atoms with Crippen molar-refractivity contribution in [1.82, 2.24) is 0 Å². The fourth-order valence-corrected chi connectivity index (χ4v) is 5.32.